The number of amides is 1. The van der Waals surface area contributed by atoms with Crippen LogP contribution in [0, 0.1) is 32.4 Å². The predicted octanol–water partition coefficient (Wildman–Crippen LogP) is 4.14. The maximum atomic E-state index is 13.5. The van der Waals surface area contributed by atoms with E-state index in [9.17, 15) is 13.6 Å². The van der Waals surface area contributed by atoms with E-state index in [1.807, 2.05) is 19.1 Å². The highest BCUT2D eigenvalue weighted by molar-refractivity contribution is 6.06. The van der Waals surface area contributed by atoms with Gasteiger partial charge in [0.25, 0.3) is 5.91 Å². The zero-order valence-electron chi connectivity index (χ0n) is 11.6. The highest BCUT2D eigenvalue weighted by Gasteiger charge is 2.16. The van der Waals surface area contributed by atoms with Gasteiger partial charge in [0.2, 0.25) is 0 Å². The minimum Gasteiger partial charge on any atom is -0.317 e. The molecule has 0 saturated carbocycles. The summed E-state index contributed by atoms with van der Waals surface area (Å²) in [6.07, 6.45) is 0. The Morgan fingerprint density at radius 2 is 1.50 bits per heavy atom. The number of para-hydroxylation sites is 1. The van der Waals surface area contributed by atoms with E-state index in [2.05, 4.69) is 5.32 Å². The highest BCUT2D eigenvalue weighted by Crippen LogP contribution is 2.22. The maximum absolute atomic E-state index is 13.5. The summed E-state index contributed by atoms with van der Waals surface area (Å²) in [7, 11) is 0. The van der Waals surface area contributed by atoms with Crippen LogP contribution in [-0.2, 0) is 0 Å². The predicted molar refractivity (Wildman–Crippen MR) is 75.0 cm³/mol. The van der Waals surface area contributed by atoms with E-state index in [0.717, 1.165) is 28.8 Å². The zero-order chi connectivity index (χ0) is 14.9. The number of halogens is 2. The number of hydrogen-bond acceptors (Lipinski definition) is 1. The van der Waals surface area contributed by atoms with Crippen molar-refractivity contribution in [1.82, 2.24) is 0 Å². The standard InChI is InChI=1S/C16H15F2NO/c1-9-7-10(2)14(11(3)8-9)16(20)19-15-12(17)5-4-6-13(15)18/h4-8H,1-3H3,(H,19,20). The molecular formula is C16H15F2NO. The Morgan fingerprint density at radius 1 is 1.00 bits per heavy atom. The highest BCUT2D eigenvalue weighted by atomic mass is 19.1. The van der Waals surface area contributed by atoms with E-state index in [0.29, 0.717) is 5.56 Å². The van der Waals surface area contributed by atoms with Crippen molar-refractivity contribution >= 4 is 11.6 Å². The second kappa shape index (κ2) is 5.41. The molecule has 0 heterocycles. The summed E-state index contributed by atoms with van der Waals surface area (Å²) in [5, 5.41) is 2.31. The Morgan fingerprint density at radius 3 is 2.00 bits per heavy atom. The molecule has 2 nitrogen and oxygen atoms in total. The summed E-state index contributed by atoms with van der Waals surface area (Å²) in [6, 6.07) is 7.18. The number of rotatable bonds is 2. The summed E-state index contributed by atoms with van der Waals surface area (Å²) in [5.74, 6) is -2.09. The van der Waals surface area contributed by atoms with Crippen LogP contribution in [0.2, 0.25) is 0 Å². The molecule has 2 rings (SSSR count). The monoisotopic (exact) mass is 275 g/mol. The topological polar surface area (TPSA) is 29.1 Å². The molecule has 104 valence electrons. The van der Waals surface area contributed by atoms with Gasteiger partial charge in [-0.3, -0.25) is 4.79 Å². The molecule has 0 aliphatic carbocycles. The normalized spacial score (nSPS) is 10.4. The van der Waals surface area contributed by atoms with Crippen LogP contribution in [0.25, 0.3) is 0 Å². The Hall–Kier alpha value is -2.23. The molecular weight excluding hydrogens is 260 g/mol. The average molecular weight is 275 g/mol. The van der Waals surface area contributed by atoms with E-state index in [1.54, 1.807) is 13.8 Å². The molecule has 0 aromatic heterocycles. The van der Waals surface area contributed by atoms with E-state index in [-0.39, 0.29) is 0 Å². The van der Waals surface area contributed by atoms with Crippen molar-refractivity contribution in [2.24, 2.45) is 0 Å². The molecule has 0 atom stereocenters. The fourth-order valence-corrected chi connectivity index (χ4v) is 2.33. The summed E-state index contributed by atoms with van der Waals surface area (Å²) in [5.41, 5.74) is 2.61. The van der Waals surface area contributed by atoms with E-state index in [1.165, 1.54) is 6.07 Å². The van der Waals surface area contributed by atoms with Gasteiger partial charge in [0.15, 0.2) is 0 Å². The smallest absolute Gasteiger partial charge is 0.256 e. The van der Waals surface area contributed by atoms with Gasteiger partial charge in [-0.2, -0.15) is 0 Å². The van der Waals surface area contributed by atoms with Crippen LogP contribution in [0.5, 0.6) is 0 Å². The van der Waals surface area contributed by atoms with Crippen molar-refractivity contribution < 1.29 is 13.6 Å². The minimum atomic E-state index is -0.791. The second-order valence-electron chi connectivity index (χ2n) is 4.82. The largest absolute Gasteiger partial charge is 0.317 e. The van der Waals surface area contributed by atoms with Gasteiger partial charge in [-0.05, 0) is 44.0 Å². The zero-order valence-corrected chi connectivity index (χ0v) is 11.6. The van der Waals surface area contributed by atoms with Crippen LogP contribution in [0.4, 0.5) is 14.5 Å². The molecule has 0 aliphatic heterocycles. The average Bonchev–Trinajstić information content (AvgIpc) is 2.32. The number of hydrogen-bond donors (Lipinski definition) is 1. The van der Waals surface area contributed by atoms with Crippen molar-refractivity contribution in [1.29, 1.82) is 0 Å². The molecule has 0 spiro atoms. The molecule has 2 aromatic carbocycles. The van der Waals surface area contributed by atoms with Crippen LogP contribution in [-0.4, -0.2) is 5.91 Å². The van der Waals surface area contributed by atoms with Crippen molar-refractivity contribution in [2.75, 3.05) is 5.32 Å². The molecule has 0 aliphatic rings. The Bertz CT molecular complexity index is 637. The fraction of sp³-hybridized carbons (Fsp3) is 0.188. The summed E-state index contributed by atoms with van der Waals surface area (Å²) in [6.45, 7) is 5.53. The molecule has 0 fully saturated rings. The number of aryl methyl sites for hydroxylation is 3. The van der Waals surface area contributed by atoms with Crippen LogP contribution < -0.4 is 5.32 Å². The first-order valence-electron chi connectivity index (χ1n) is 6.23. The van der Waals surface area contributed by atoms with E-state index >= 15 is 0 Å². The second-order valence-corrected chi connectivity index (χ2v) is 4.82. The van der Waals surface area contributed by atoms with Gasteiger partial charge in [0.05, 0.1) is 0 Å². The SMILES string of the molecule is Cc1cc(C)c(C(=O)Nc2c(F)cccc2F)c(C)c1. The van der Waals surface area contributed by atoms with E-state index < -0.39 is 23.2 Å². The third-order valence-corrected chi connectivity index (χ3v) is 3.11. The van der Waals surface area contributed by atoms with Crippen molar-refractivity contribution in [3.63, 3.8) is 0 Å². The van der Waals surface area contributed by atoms with Crippen LogP contribution in [0.3, 0.4) is 0 Å². The molecule has 20 heavy (non-hydrogen) atoms. The lowest BCUT2D eigenvalue weighted by Gasteiger charge is -2.12. The lowest BCUT2D eigenvalue weighted by atomic mass is 9.99. The maximum Gasteiger partial charge on any atom is 0.256 e. The molecule has 1 amide bonds. The molecule has 0 unspecified atom stereocenters. The lowest BCUT2D eigenvalue weighted by Crippen LogP contribution is -2.17. The number of carbonyl (C=O) groups is 1. The van der Waals surface area contributed by atoms with Gasteiger partial charge in [-0.25, -0.2) is 8.78 Å². The third-order valence-electron chi connectivity index (χ3n) is 3.11. The van der Waals surface area contributed by atoms with Crippen LogP contribution >= 0.6 is 0 Å². The fourth-order valence-electron chi connectivity index (χ4n) is 2.33. The van der Waals surface area contributed by atoms with Gasteiger partial charge in [-0.15, -0.1) is 0 Å². The first-order valence-corrected chi connectivity index (χ1v) is 6.23. The number of nitrogens with one attached hydrogen (secondary N) is 1. The number of anilines is 1. The van der Waals surface area contributed by atoms with Gasteiger partial charge >= 0.3 is 0 Å². The molecule has 4 heteroatoms. The number of benzene rings is 2. The molecule has 0 saturated heterocycles. The van der Waals surface area contributed by atoms with E-state index in [4.69, 9.17) is 0 Å². The van der Waals surface area contributed by atoms with Crippen LogP contribution in [0.15, 0.2) is 30.3 Å². The van der Waals surface area contributed by atoms with Gasteiger partial charge < -0.3 is 5.32 Å². The van der Waals surface area contributed by atoms with Crippen LogP contribution in [0.1, 0.15) is 27.0 Å². The van der Waals surface area contributed by atoms with Crippen molar-refractivity contribution in [3.8, 4) is 0 Å². The molecule has 0 bridgehead atoms. The number of carbonyl (C=O) groups excluding carboxylic acids is 1. The summed E-state index contributed by atoms with van der Waals surface area (Å²) in [4.78, 5) is 12.2. The van der Waals surface area contributed by atoms with Crippen molar-refractivity contribution in [3.05, 3.63) is 64.2 Å². The lowest BCUT2D eigenvalue weighted by molar-refractivity contribution is 0.102. The Kier molecular flexibility index (Phi) is 3.84. The van der Waals surface area contributed by atoms with Crippen molar-refractivity contribution in [2.45, 2.75) is 20.8 Å². The van der Waals surface area contributed by atoms with Gasteiger partial charge in [0.1, 0.15) is 17.3 Å². The summed E-state index contributed by atoms with van der Waals surface area (Å²) < 4.78 is 27.1. The van der Waals surface area contributed by atoms with Gasteiger partial charge in [-0.1, -0.05) is 23.8 Å². The molecule has 2 aromatic rings. The first kappa shape index (κ1) is 14.2. The quantitative estimate of drug-likeness (QED) is 0.876. The summed E-state index contributed by atoms with van der Waals surface area (Å²) >= 11 is 0. The van der Waals surface area contributed by atoms with Gasteiger partial charge in [0, 0.05) is 5.56 Å². The third kappa shape index (κ3) is 2.69. The first-order chi connectivity index (χ1) is 9.40. The molecule has 0 radical (unpaired) electrons. The minimum absolute atomic E-state index is 0.420. The Labute approximate surface area is 116 Å². The Balaban J connectivity index is 2.39. The molecule has 1 N–H and O–H groups in total.